The predicted molar refractivity (Wildman–Crippen MR) is 82.8 cm³/mol. The number of carbonyl (C=O) groups is 1. The van der Waals surface area contributed by atoms with E-state index in [1.807, 2.05) is 24.8 Å². The average molecular weight is 293 g/mol. The van der Waals surface area contributed by atoms with Gasteiger partial charge in [0.15, 0.2) is 0 Å². The highest BCUT2D eigenvalue weighted by Crippen LogP contribution is 2.29. The van der Waals surface area contributed by atoms with Crippen LogP contribution in [-0.2, 0) is 11.3 Å². The van der Waals surface area contributed by atoms with Gasteiger partial charge in [-0.3, -0.25) is 4.79 Å². The third-order valence-electron chi connectivity index (χ3n) is 3.87. The lowest BCUT2D eigenvalue weighted by Gasteiger charge is -2.43. The molecule has 4 nitrogen and oxygen atoms in total. The van der Waals surface area contributed by atoms with E-state index >= 15 is 0 Å². The molecule has 1 aromatic carbocycles. The third kappa shape index (κ3) is 3.35. The number of hydrogen-bond acceptors (Lipinski definition) is 3. The van der Waals surface area contributed by atoms with Crippen LogP contribution in [0.2, 0.25) is 0 Å². The summed E-state index contributed by atoms with van der Waals surface area (Å²) in [6, 6.07) is 5.59. The first-order valence-electron chi connectivity index (χ1n) is 7.40. The molecule has 0 spiro atoms. The molecule has 5 heteroatoms. The number of hydrogen-bond donors (Lipinski definition) is 2. The predicted octanol–water partition coefficient (Wildman–Crippen LogP) is 2.04. The van der Waals surface area contributed by atoms with E-state index in [-0.39, 0.29) is 11.7 Å². The molecule has 1 saturated heterocycles. The first-order valence-corrected chi connectivity index (χ1v) is 7.40. The molecule has 116 valence electrons. The molecule has 0 unspecified atom stereocenters. The first-order chi connectivity index (χ1) is 9.82. The number of rotatable bonds is 4. The van der Waals surface area contributed by atoms with Gasteiger partial charge in [-0.15, -0.1) is 0 Å². The topological polar surface area (TPSA) is 44.4 Å². The zero-order valence-corrected chi connectivity index (χ0v) is 13.2. The molecule has 0 atom stereocenters. The quantitative estimate of drug-likeness (QED) is 0.893. The summed E-state index contributed by atoms with van der Waals surface area (Å²) in [4.78, 5) is 13.8. The molecule has 1 aliphatic heterocycles. The summed E-state index contributed by atoms with van der Waals surface area (Å²) in [7, 11) is 0. The lowest BCUT2D eigenvalue weighted by atomic mass is 9.97. The van der Waals surface area contributed by atoms with Crippen LogP contribution >= 0.6 is 0 Å². The molecule has 21 heavy (non-hydrogen) atoms. The normalized spacial score (nSPS) is 18.0. The maximum atomic E-state index is 14.4. The van der Waals surface area contributed by atoms with Crippen LogP contribution in [0.25, 0.3) is 0 Å². The van der Waals surface area contributed by atoms with Crippen LogP contribution in [0.5, 0.6) is 0 Å². The number of halogens is 1. The van der Waals surface area contributed by atoms with Crippen LogP contribution in [0, 0.1) is 5.82 Å². The minimum Gasteiger partial charge on any atom is -0.353 e. The smallest absolute Gasteiger partial charge is 0.245 e. The fourth-order valence-electron chi connectivity index (χ4n) is 2.52. The second kappa shape index (κ2) is 6.02. The van der Waals surface area contributed by atoms with Gasteiger partial charge in [0.25, 0.3) is 0 Å². The minimum absolute atomic E-state index is 0.0706. The third-order valence-corrected chi connectivity index (χ3v) is 3.87. The second-order valence-electron chi connectivity index (χ2n) is 6.29. The Hall–Kier alpha value is -1.62. The van der Waals surface area contributed by atoms with Crippen molar-refractivity contribution in [2.75, 3.05) is 18.0 Å². The largest absolute Gasteiger partial charge is 0.353 e. The van der Waals surface area contributed by atoms with E-state index in [1.165, 1.54) is 0 Å². The van der Waals surface area contributed by atoms with Gasteiger partial charge in [-0.25, -0.2) is 4.39 Å². The van der Waals surface area contributed by atoms with Gasteiger partial charge < -0.3 is 15.5 Å². The summed E-state index contributed by atoms with van der Waals surface area (Å²) in [6.45, 7) is 9.53. The second-order valence-corrected chi connectivity index (χ2v) is 6.29. The van der Waals surface area contributed by atoms with Crippen LogP contribution < -0.4 is 15.5 Å². The average Bonchev–Trinajstić information content (AvgIpc) is 2.40. The van der Waals surface area contributed by atoms with Crippen LogP contribution in [-0.4, -0.2) is 30.6 Å². The zero-order chi connectivity index (χ0) is 15.6. The Bertz CT molecular complexity index is 528. The Kier molecular flexibility index (Phi) is 4.52. The van der Waals surface area contributed by atoms with Gasteiger partial charge in [0.1, 0.15) is 11.4 Å². The number of carbonyl (C=O) groups excluding carboxylic acids is 1. The van der Waals surface area contributed by atoms with Crippen molar-refractivity contribution in [3.05, 3.63) is 29.6 Å². The Morgan fingerprint density at radius 3 is 2.76 bits per heavy atom. The van der Waals surface area contributed by atoms with Gasteiger partial charge in [-0.05, 0) is 31.5 Å². The summed E-state index contributed by atoms with van der Waals surface area (Å²) in [6.07, 6.45) is 0. The summed E-state index contributed by atoms with van der Waals surface area (Å²) >= 11 is 0. The van der Waals surface area contributed by atoms with E-state index < -0.39 is 5.54 Å². The number of benzene rings is 1. The van der Waals surface area contributed by atoms with E-state index in [2.05, 4.69) is 24.5 Å². The van der Waals surface area contributed by atoms with E-state index in [0.29, 0.717) is 31.4 Å². The molecule has 0 saturated carbocycles. The molecule has 0 bridgehead atoms. The molecule has 2 N–H and O–H groups in total. The Labute approximate surface area is 125 Å². The molecule has 1 aromatic rings. The highest BCUT2D eigenvalue weighted by atomic mass is 19.1. The van der Waals surface area contributed by atoms with Gasteiger partial charge in [0.2, 0.25) is 5.91 Å². The monoisotopic (exact) mass is 293 g/mol. The lowest BCUT2D eigenvalue weighted by Crippen LogP contribution is -2.62. The number of piperazine rings is 1. The standard InChI is InChI=1S/C16H24FN3O/c1-11(2)19-10-12-5-6-14(13(17)9-12)20-8-7-18-15(21)16(20,3)4/h5-6,9,11,19H,7-8,10H2,1-4H3,(H,18,21). The van der Waals surface area contributed by atoms with E-state index in [1.54, 1.807) is 12.1 Å². The molecule has 0 radical (unpaired) electrons. The number of anilines is 1. The molecule has 1 heterocycles. The van der Waals surface area contributed by atoms with Crippen molar-refractivity contribution in [2.45, 2.75) is 45.8 Å². The van der Waals surface area contributed by atoms with E-state index in [9.17, 15) is 9.18 Å². The number of amides is 1. The Morgan fingerprint density at radius 1 is 1.43 bits per heavy atom. The van der Waals surface area contributed by atoms with Gasteiger partial charge in [0.05, 0.1) is 5.69 Å². The molecule has 1 amide bonds. The lowest BCUT2D eigenvalue weighted by molar-refractivity contribution is -0.126. The van der Waals surface area contributed by atoms with Crippen molar-refractivity contribution in [2.24, 2.45) is 0 Å². The summed E-state index contributed by atoms with van der Waals surface area (Å²) in [5, 5.41) is 6.09. The fourth-order valence-corrected chi connectivity index (χ4v) is 2.52. The molecule has 0 aromatic heterocycles. The van der Waals surface area contributed by atoms with E-state index in [4.69, 9.17) is 0 Å². The van der Waals surface area contributed by atoms with Crippen molar-refractivity contribution < 1.29 is 9.18 Å². The van der Waals surface area contributed by atoms with Crippen LogP contribution in [0.3, 0.4) is 0 Å². The van der Waals surface area contributed by atoms with Crippen molar-refractivity contribution in [1.29, 1.82) is 0 Å². The number of nitrogens with one attached hydrogen (secondary N) is 2. The zero-order valence-electron chi connectivity index (χ0n) is 13.2. The highest BCUT2D eigenvalue weighted by Gasteiger charge is 2.38. The van der Waals surface area contributed by atoms with Gasteiger partial charge >= 0.3 is 0 Å². The van der Waals surface area contributed by atoms with Gasteiger partial charge in [-0.1, -0.05) is 19.9 Å². The number of nitrogens with zero attached hydrogens (tertiary/aromatic N) is 1. The summed E-state index contributed by atoms with van der Waals surface area (Å²) in [5.41, 5.74) is 0.656. The SMILES string of the molecule is CC(C)NCc1ccc(N2CCNC(=O)C2(C)C)c(F)c1. The maximum Gasteiger partial charge on any atom is 0.245 e. The first kappa shape index (κ1) is 15.8. The highest BCUT2D eigenvalue weighted by molar-refractivity contribution is 5.90. The molecule has 2 rings (SSSR count). The fraction of sp³-hybridized carbons (Fsp3) is 0.562. The maximum absolute atomic E-state index is 14.4. The van der Waals surface area contributed by atoms with Crippen molar-refractivity contribution >= 4 is 11.6 Å². The van der Waals surface area contributed by atoms with E-state index in [0.717, 1.165) is 5.56 Å². The van der Waals surface area contributed by atoms with Gasteiger partial charge in [0, 0.05) is 25.7 Å². The molecular formula is C16H24FN3O. The molecule has 1 aliphatic rings. The van der Waals surface area contributed by atoms with Crippen LogP contribution in [0.4, 0.5) is 10.1 Å². The van der Waals surface area contributed by atoms with Gasteiger partial charge in [-0.2, -0.15) is 0 Å². The van der Waals surface area contributed by atoms with Crippen molar-refractivity contribution in [3.8, 4) is 0 Å². The van der Waals surface area contributed by atoms with Crippen LogP contribution in [0.1, 0.15) is 33.3 Å². The van der Waals surface area contributed by atoms with Crippen molar-refractivity contribution in [1.82, 2.24) is 10.6 Å². The Balaban J connectivity index is 2.22. The molecule has 1 fully saturated rings. The Morgan fingerprint density at radius 2 is 2.14 bits per heavy atom. The molecule has 0 aliphatic carbocycles. The van der Waals surface area contributed by atoms with Crippen molar-refractivity contribution in [3.63, 3.8) is 0 Å². The summed E-state index contributed by atoms with van der Waals surface area (Å²) in [5.74, 6) is -0.348. The summed E-state index contributed by atoms with van der Waals surface area (Å²) < 4.78 is 14.4. The minimum atomic E-state index is -0.739. The van der Waals surface area contributed by atoms with Crippen LogP contribution in [0.15, 0.2) is 18.2 Å². The molecular weight excluding hydrogens is 269 g/mol.